The Balaban J connectivity index is 2.27. The highest BCUT2D eigenvalue weighted by atomic mass is 32.2. The van der Waals surface area contributed by atoms with E-state index in [1.807, 2.05) is 24.3 Å². The van der Waals surface area contributed by atoms with Crippen molar-refractivity contribution in [3.05, 3.63) is 29.8 Å². The lowest BCUT2D eigenvalue weighted by molar-refractivity contribution is 0.235. The number of hydrogen-bond acceptors (Lipinski definition) is 2. The Hall–Kier alpha value is -1.16. The molecule has 1 aromatic carbocycles. The molecule has 0 radical (unpaired) electrons. The second-order valence-corrected chi connectivity index (χ2v) is 3.64. The maximum absolute atomic E-state index is 10.8. The van der Waals surface area contributed by atoms with Crippen LogP contribution in [-0.2, 0) is 6.54 Å². The fraction of sp³-hybridized carbons (Fsp3) is 0.125. The summed E-state index contributed by atoms with van der Waals surface area (Å²) in [5, 5.41) is 0. The molecule has 2 N–H and O–H groups in total. The van der Waals surface area contributed by atoms with Crippen LogP contribution in [0.2, 0.25) is 0 Å². The SMILES string of the molecule is NC(=O)N1Cc2ccccc2S1. The van der Waals surface area contributed by atoms with Gasteiger partial charge in [-0.15, -0.1) is 0 Å². The van der Waals surface area contributed by atoms with E-state index < -0.39 is 0 Å². The average Bonchev–Trinajstić information content (AvgIpc) is 2.46. The van der Waals surface area contributed by atoms with Gasteiger partial charge in [0.1, 0.15) is 0 Å². The van der Waals surface area contributed by atoms with Crippen molar-refractivity contribution >= 4 is 18.0 Å². The van der Waals surface area contributed by atoms with Crippen LogP contribution < -0.4 is 5.73 Å². The highest BCUT2D eigenvalue weighted by molar-refractivity contribution is 7.97. The third-order valence-electron chi connectivity index (χ3n) is 1.74. The smallest absolute Gasteiger partial charge is 0.325 e. The Kier molecular flexibility index (Phi) is 1.69. The van der Waals surface area contributed by atoms with Crippen LogP contribution in [0.1, 0.15) is 5.56 Å². The Morgan fingerprint density at radius 1 is 1.50 bits per heavy atom. The number of rotatable bonds is 0. The number of benzene rings is 1. The maximum Gasteiger partial charge on any atom is 0.325 e. The largest absolute Gasteiger partial charge is 0.351 e. The van der Waals surface area contributed by atoms with Crippen molar-refractivity contribution < 1.29 is 4.79 Å². The van der Waals surface area contributed by atoms with Crippen LogP contribution in [0.3, 0.4) is 0 Å². The van der Waals surface area contributed by atoms with Crippen LogP contribution >= 0.6 is 11.9 Å². The van der Waals surface area contributed by atoms with Crippen LogP contribution in [-0.4, -0.2) is 10.3 Å². The lowest BCUT2D eigenvalue weighted by atomic mass is 10.2. The minimum atomic E-state index is -0.379. The van der Waals surface area contributed by atoms with Gasteiger partial charge in [-0.2, -0.15) is 0 Å². The summed E-state index contributed by atoms with van der Waals surface area (Å²) in [5.74, 6) is 0. The molecule has 0 saturated carbocycles. The van der Waals surface area contributed by atoms with Gasteiger partial charge in [-0.3, -0.25) is 4.31 Å². The minimum absolute atomic E-state index is 0.379. The van der Waals surface area contributed by atoms with Crippen molar-refractivity contribution in [2.75, 3.05) is 0 Å². The standard InChI is InChI=1S/C8H8N2OS/c9-8(11)10-5-6-3-1-2-4-7(6)12-10/h1-4H,5H2,(H2,9,11). The number of amides is 2. The van der Waals surface area contributed by atoms with E-state index in [9.17, 15) is 4.79 Å². The molecular weight excluding hydrogens is 172 g/mol. The fourth-order valence-electron chi connectivity index (χ4n) is 1.15. The molecule has 0 atom stereocenters. The molecule has 2 amide bonds. The number of nitrogens with two attached hydrogens (primary N) is 1. The van der Waals surface area contributed by atoms with Crippen molar-refractivity contribution in [2.45, 2.75) is 11.4 Å². The topological polar surface area (TPSA) is 46.3 Å². The summed E-state index contributed by atoms with van der Waals surface area (Å²) in [6, 6.07) is 7.53. The molecule has 12 heavy (non-hydrogen) atoms. The minimum Gasteiger partial charge on any atom is -0.351 e. The predicted molar refractivity (Wildman–Crippen MR) is 47.4 cm³/mol. The summed E-state index contributed by atoms with van der Waals surface area (Å²) in [5.41, 5.74) is 6.31. The summed E-state index contributed by atoms with van der Waals surface area (Å²) in [6.45, 7) is 0.621. The van der Waals surface area contributed by atoms with Gasteiger partial charge in [-0.25, -0.2) is 4.79 Å². The van der Waals surface area contributed by atoms with E-state index in [1.165, 1.54) is 17.5 Å². The van der Waals surface area contributed by atoms with Crippen molar-refractivity contribution in [1.82, 2.24) is 4.31 Å². The van der Waals surface area contributed by atoms with Gasteiger partial charge in [0.15, 0.2) is 0 Å². The second kappa shape index (κ2) is 2.71. The van der Waals surface area contributed by atoms with E-state index >= 15 is 0 Å². The molecule has 0 aromatic heterocycles. The maximum atomic E-state index is 10.8. The third-order valence-corrected chi connectivity index (χ3v) is 2.87. The monoisotopic (exact) mass is 180 g/mol. The lowest BCUT2D eigenvalue weighted by Gasteiger charge is -2.08. The summed E-state index contributed by atoms with van der Waals surface area (Å²) >= 11 is 1.40. The molecule has 0 fully saturated rings. The molecular formula is C8H8N2OS. The van der Waals surface area contributed by atoms with Crippen molar-refractivity contribution in [3.8, 4) is 0 Å². The molecule has 0 spiro atoms. The summed E-state index contributed by atoms with van der Waals surface area (Å²) in [7, 11) is 0. The molecule has 2 rings (SSSR count). The van der Waals surface area contributed by atoms with Gasteiger partial charge in [0.05, 0.1) is 6.54 Å². The number of hydrogen-bond donors (Lipinski definition) is 1. The normalized spacial score (nSPS) is 14.5. The zero-order valence-corrected chi connectivity index (χ0v) is 7.17. The first-order valence-corrected chi connectivity index (χ1v) is 4.37. The van der Waals surface area contributed by atoms with E-state index in [2.05, 4.69) is 0 Å². The zero-order valence-electron chi connectivity index (χ0n) is 6.36. The van der Waals surface area contributed by atoms with Gasteiger partial charge in [0.25, 0.3) is 0 Å². The molecule has 0 unspecified atom stereocenters. The van der Waals surface area contributed by atoms with Crippen molar-refractivity contribution in [2.24, 2.45) is 5.73 Å². The van der Waals surface area contributed by atoms with Crippen LogP contribution in [0.4, 0.5) is 4.79 Å². The number of fused-ring (bicyclic) bond motifs is 1. The van der Waals surface area contributed by atoms with E-state index in [4.69, 9.17) is 5.73 Å². The Morgan fingerprint density at radius 2 is 2.25 bits per heavy atom. The molecule has 0 aliphatic carbocycles. The molecule has 4 heteroatoms. The molecule has 1 aliphatic heterocycles. The third kappa shape index (κ3) is 1.14. The van der Waals surface area contributed by atoms with E-state index in [0.717, 1.165) is 4.90 Å². The van der Waals surface area contributed by atoms with Crippen LogP contribution in [0.15, 0.2) is 29.2 Å². The van der Waals surface area contributed by atoms with Gasteiger partial charge >= 0.3 is 6.03 Å². The molecule has 1 aromatic rings. The van der Waals surface area contributed by atoms with Gasteiger partial charge in [0, 0.05) is 4.90 Å². The van der Waals surface area contributed by atoms with Crippen molar-refractivity contribution in [3.63, 3.8) is 0 Å². The highest BCUT2D eigenvalue weighted by Gasteiger charge is 2.21. The average molecular weight is 180 g/mol. The molecule has 1 heterocycles. The molecule has 3 nitrogen and oxygen atoms in total. The van der Waals surface area contributed by atoms with Crippen molar-refractivity contribution in [1.29, 1.82) is 0 Å². The molecule has 0 saturated heterocycles. The second-order valence-electron chi connectivity index (χ2n) is 2.57. The van der Waals surface area contributed by atoms with E-state index in [1.54, 1.807) is 4.31 Å². The van der Waals surface area contributed by atoms with Crippen LogP contribution in [0.5, 0.6) is 0 Å². The zero-order chi connectivity index (χ0) is 8.55. The Morgan fingerprint density at radius 3 is 2.92 bits per heavy atom. The lowest BCUT2D eigenvalue weighted by Crippen LogP contribution is -2.26. The van der Waals surface area contributed by atoms with E-state index in [-0.39, 0.29) is 6.03 Å². The summed E-state index contributed by atoms with van der Waals surface area (Å²) in [4.78, 5) is 11.9. The van der Waals surface area contributed by atoms with E-state index in [0.29, 0.717) is 6.54 Å². The number of nitrogens with zero attached hydrogens (tertiary/aromatic N) is 1. The first kappa shape index (κ1) is 7.49. The summed E-state index contributed by atoms with van der Waals surface area (Å²) < 4.78 is 1.55. The van der Waals surface area contributed by atoms with Crippen LogP contribution in [0.25, 0.3) is 0 Å². The highest BCUT2D eigenvalue weighted by Crippen LogP contribution is 2.34. The van der Waals surface area contributed by atoms with Gasteiger partial charge in [0.2, 0.25) is 0 Å². The molecule has 62 valence electrons. The summed E-state index contributed by atoms with van der Waals surface area (Å²) in [6.07, 6.45) is 0. The number of urea groups is 1. The Labute approximate surface area is 74.7 Å². The molecule has 1 aliphatic rings. The van der Waals surface area contributed by atoms with Gasteiger partial charge < -0.3 is 5.73 Å². The Bertz CT molecular complexity index is 302. The fourth-order valence-corrected chi connectivity index (χ4v) is 2.07. The first-order chi connectivity index (χ1) is 5.77. The molecule has 0 bridgehead atoms. The predicted octanol–water partition coefficient (Wildman–Crippen LogP) is 1.59. The quantitative estimate of drug-likeness (QED) is 0.616. The number of carbonyl (C=O) groups is 1. The number of primary amides is 1. The van der Waals surface area contributed by atoms with Crippen LogP contribution in [0, 0.1) is 0 Å². The number of carbonyl (C=O) groups excluding carboxylic acids is 1. The van der Waals surface area contributed by atoms with Gasteiger partial charge in [-0.1, -0.05) is 18.2 Å². The van der Waals surface area contributed by atoms with Gasteiger partial charge in [-0.05, 0) is 23.6 Å². The first-order valence-electron chi connectivity index (χ1n) is 3.60.